The van der Waals surface area contributed by atoms with Crippen LogP contribution in [0, 0.1) is 0 Å². The topological polar surface area (TPSA) is 28.7 Å². The van der Waals surface area contributed by atoms with E-state index in [4.69, 9.17) is 0 Å². The summed E-state index contributed by atoms with van der Waals surface area (Å²) in [6.45, 7) is 2.19. The number of rotatable bonds is 2. The Morgan fingerprint density at radius 2 is 2.31 bits per heavy atom. The van der Waals surface area contributed by atoms with Crippen molar-refractivity contribution in [3.05, 3.63) is 30.1 Å². The number of H-pyrrole nitrogens is 1. The molecule has 2 aromatic rings. The molecule has 2 nitrogen and oxygen atoms in total. The number of fused-ring (bicyclic) bond motifs is 1. The summed E-state index contributed by atoms with van der Waals surface area (Å²) >= 11 is 0. The second-order valence-corrected chi connectivity index (χ2v) is 2.96. The Bertz CT molecular complexity index is 376. The smallest absolute Gasteiger partial charge is 0.137 e. The molecule has 2 rings (SSSR count). The number of hydrogen-bond donors (Lipinski definition) is 1. The fraction of sp³-hybridized carbons (Fsp3) is 0.364. The first-order chi connectivity index (χ1) is 5.92. The molecule has 1 N–H and O–H groups in total. The lowest BCUT2D eigenvalue weighted by molar-refractivity contribution is 0.929. The van der Waals surface area contributed by atoms with Gasteiger partial charge in [-0.3, -0.25) is 0 Å². The van der Waals surface area contributed by atoms with Crippen LogP contribution >= 0.6 is 0 Å². The van der Waals surface area contributed by atoms with Crippen molar-refractivity contribution in [1.82, 2.24) is 9.97 Å². The Balaban J connectivity index is 0.000000845. The first-order valence-electron chi connectivity index (χ1n) is 4.33. The lowest BCUT2D eigenvalue weighted by Gasteiger charge is -1.93. The van der Waals surface area contributed by atoms with Gasteiger partial charge >= 0.3 is 0 Å². The molecule has 0 radical (unpaired) electrons. The van der Waals surface area contributed by atoms with Crippen molar-refractivity contribution >= 4 is 11.0 Å². The monoisotopic (exact) mass is 176 g/mol. The van der Waals surface area contributed by atoms with Crippen molar-refractivity contribution in [2.45, 2.75) is 27.2 Å². The van der Waals surface area contributed by atoms with Gasteiger partial charge in [-0.05, 0) is 24.1 Å². The third kappa shape index (κ3) is 1.72. The van der Waals surface area contributed by atoms with Gasteiger partial charge in [-0.1, -0.05) is 20.8 Å². The highest BCUT2D eigenvalue weighted by atomic mass is 14.8. The van der Waals surface area contributed by atoms with E-state index in [-0.39, 0.29) is 7.43 Å². The van der Waals surface area contributed by atoms with Crippen LogP contribution in [0.15, 0.2) is 24.5 Å². The van der Waals surface area contributed by atoms with E-state index in [0.717, 1.165) is 12.1 Å². The summed E-state index contributed by atoms with van der Waals surface area (Å²) in [4.78, 5) is 7.39. The summed E-state index contributed by atoms with van der Waals surface area (Å²) < 4.78 is 0. The number of nitrogens with zero attached hydrogens (tertiary/aromatic N) is 1. The Hall–Kier alpha value is -1.31. The zero-order valence-electron chi connectivity index (χ0n) is 7.17. The van der Waals surface area contributed by atoms with Gasteiger partial charge in [-0.15, -0.1) is 0 Å². The second kappa shape index (κ2) is 4.08. The minimum atomic E-state index is 0. The Morgan fingerprint density at radius 3 is 3.08 bits per heavy atom. The van der Waals surface area contributed by atoms with Gasteiger partial charge in [0.1, 0.15) is 5.65 Å². The number of pyridine rings is 1. The molecule has 0 bridgehead atoms. The van der Waals surface area contributed by atoms with Crippen LogP contribution in [-0.2, 0) is 6.42 Å². The highest BCUT2D eigenvalue weighted by Crippen LogP contribution is 2.16. The maximum atomic E-state index is 4.23. The fourth-order valence-corrected chi connectivity index (χ4v) is 1.49. The third-order valence-electron chi connectivity index (χ3n) is 2.06. The first-order valence-corrected chi connectivity index (χ1v) is 4.33. The van der Waals surface area contributed by atoms with Crippen molar-refractivity contribution in [3.63, 3.8) is 0 Å². The molecule has 0 aliphatic heterocycles. The fourth-order valence-electron chi connectivity index (χ4n) is 1.49. The van der Waals surface area contributed by atoms with Crippen molar-refractivity contribution in [2.24, 2.45) is 0 Å². The summed E-state index contributed by atoms with van der Waals surface area (Å²) in [5, 5.41) is 1.26. The Labute approximate surface area is 79.0 Å². The van der Waals surface area contributed by atoms with Gasteiger partial charge in [0.15, 0.2) is 0 Å². The van der Waals surface area contributed by atoms with Crippen LogP contribution in [0.3, 0.4) is 0 Å². The largest absolute Gasteiger partial charge is 0.346 e. The molecule has 0 aromatic carbocycles. The summed E-state index contributed by atoms with van der Waals surface area (Å²) in [5.74, 6) is 0. The Morgan fingerprint density at radius 1 is 1.46 bits per heavy atom. The molecule has 2 heteroatoms. The van der Waals surface area contributed by atoms with Crippen LogP contribution in [0.25, 0.3) is 11.0 Å². The molecule has 2 heterocycles. The van der Waals surface area contributed by atoms with Crippen LogP contribution in [0.5, 0.6) is 0 Å². The van der Waals surface area contributed by atoms with Gasteiger partial charge in [0.25, 0.3) is 0 Å². The van der Waals surface area contributed by atoms with E-state index in [2.05, 4.69) is 29.2 Å². The van der Waals surface area contributed by atoms with Gasteiger partial charge in [-0.25, -0.2) is 4.98 Å². The van der Waals surface area contributed by atoms with Crippen LogP contribution in [0.2, 0.25) is 0 Å². The highest BCUT2D eigenvalue weighted by Gasteiger charge is 2.00. The molecule has 2 aromatic heterocycles. The number of aryl methyl sites for hydroxylation is 1. The molecule has 0 aliphatic rings. The lowest BCUT2D eigenvalue weighted by atomic mass is 10.1. The lowest BCUT2D eigenvalue weighted by Crippen LogP contribution is -1.79. The average Bonchev–Trinajstić information content (AvgIpc) is 2.50. The molecule has 0 saturated carbocycles. The maximum absolute atomic E-state index is 4.23. The van der Waals surface area contributed by atoms with Gasteiger partial charge in [-0.2, -0.15) is 0 Å². The SMILES string of the molecule is C.CCCc1c[nH]c2ncccc12. The summed E-state index contributed by atoms with van der Waals surface area (Å²) in [5.41, 5.74) is 2.38. The molecule has 70 valence electrons. The molecule has 0 aliphatic carbocycles. The minimum absolute atomic E-state index is 0. The highest BCUT2D eigenvalue weighted by molar-refractivity contribution is 5.79. The van der Waals surface area contributed by atoms with Crippen LogP contribution < -0.4 is 0 Å². The molecule has 0 saturated heterocycles. The summed E-state index contributed by atoms with van der Waals surface area (Å²) in [7, 11) is 0. The van der Waals surface area contributed by atoms with Gasteiger partial charge in [0.2, 0.25) is 0 Å². The van der Waals surface area contributed by atoms with E-state index in [9.17, 15) is 0 Å². The standard InChI is InChI=1S/C10H12N2.CH4/c1-2-4-8-7-12-10-9(8)5-3-6-11-10;/h3,5-7H,2,4H2,1H3,(H,11,12);1H4. The molecule has 13 heavy (non-hydrogen) atoms. The van der Waals surface area contributed by atoms with Gasteiger partial charge in [0, 0.05) is 17.8 Å². The number of hydrogen-bond acceptors (Lipinski definition) is 1. The Kier molecular flexibility index (Phi) is 3.07. The quantitative estimate of drug-likeness (QED) is 0.748. The van der Waals surface area contributed by atoms with E-state index in [0.29, 0.717) is 0 Å². The zero-order valence-corrected chi connectivity index (χ0v) is 7.17. The van der Waals surface area contributed by atoms with Crippen LogP contribution in [-0.4, -0.2) is 9.97 Å². The second-order valence-electron chi connectivity index (χ2n) is 2.96. The normalized spacial score (nSPS) is 9.92. The molecule has 0 amide bonds. The van der Waals surface area contributed by atoms with E-state index >= 15 is 0 Å². The van der Waals surface area contributed by atoms with Crippen molar-refractivity contribution in [3.8, 4) is 0 Å². The number of aromatic amines is 1. The van der Waals surface area contributed by atoms with E-state index in [1.807, 2.05) is 12.3 Å². The van der Waals surface area contributed by atoms with E-state index < -0.39 is 0 Å². The molecule has 0 spiro atoms. The minimum Gasteiger partial charge on any atom is -0.346 e. The molecule has 0 fully saturated rings. The first kappa shape index (κ1) is 9.78. The van der Waals surface area contributed by atoms with Gasteiger partial charge < -0.3 is 4.98 Å². The summed E-state index contributed by atoms with van der Waals surface area (Å²) in [6.07, 6.45) is 6.18. The maximum Gasteiger partial charge on any atom is 0.137 e. The zero-order chi connectivity index (χ0) is 8.39. The molecule has 0 atom stereocenters. The van der Waals surface area contributed by atoms with E-state index in [1.165, 1.54) is 17.4 Å². The molecular weight excluding hydrogens is 160 g/mol. The average molecular weight is 176 g/mol. The van der Waals surface area contributed by atoms with Gasteiger partial charge in [0.05, 0.1) is 0 Å². The molecule has 0 unspecified atom stereocenters. The van der Waals surface area contributed by atoms with Crippen LogP contribution in [0.4, 0.5) is 0 Å². The van der Waals surface area contributed by atoms with Crippen molar-refractivity contribution in [1.29, 1.82) is 0 Å². The number of nitrogens with one attached hydrogen (secondary N) is 1. The van der Waals surface area contributed by atoms with Crippen molar-refractivity contribution in [2.75, 3.05) is 0 Å². The molecular formula is C11H16N2. The van der Waals surface area contributed by atoms with Crippen molar-refractivity contribution < 1.29 is 0 Å². The van der Waals surface area contributed by atoms with Crippen LogP contribution in [0.1, 0.15) is 26.3 Å². The summed E-state index contributed by atoms with van der Waals surface area (Å²) in [6, 6.07) is 4.10. The number of aromatic nitrogens is 2. The van der Waals surface area contributed by atoms with E-state index in [1.54, 1.807) is 0 Å². The third-order valence-corrected chi connectivity index (χ3v) is 2.06. The predicted octanol–water partition coefficient (Wildman–Crippen LogP) is 3.15. The predicted molar refractivity (Wildman–Crippen MR) is 56.8 cm³/mol.